The van der Waals surface area contributed by atoms with E-state index in [1.54, 1.807) is 0 Å². The van der Waals surface area contributed by atoms with Crippen LogP contribution in [0.25, 0.3) is 11.2 Å². The summed E-state index contributed by atoms with van der Waals surface area (Å²) in [5.41, 5.74) is -0.577. The fraction of sp³-hybridized carbons (Fsp3) is 0.444. The number of imidazole rings is 1. The fourth-order valence-corrected chi connectivity index (χ4v) is 1.29. The normalized spacial score (nSPS) is 12.2. The first-order valence-corrected chi connectivity index (χ1v) is 4.61. The summed E-state index contributed by atoms with van der Waals surface area (Å²) < 4.78 is 0. The molecule has 0 radical (unpaired) electrons. The van der Waals surface area contributed by atoms with Gasteiger partial charge in [0, 0.05) is 5.41 Å². The van der Waals surface area contributed by atoms with E-state index in [2.05, 4.69) is 19.9 Å². The van der Waals surface area contributed by atoms with E-state index in [9.17, 15) is 9.59 Å². The Morgan fingerprint density at radius 1 is 1.07 bits per heavy atom. The van der Waals surface area contributed by atoms with Gasteiger partial charge in [-0.05, 0) is 0 Å². The van der Waals surface area contributed by atoms with Crippen LogP contribution in [0, 0.1) is 0 Å². The number of rotatable bonds is 0. The number of nitrogens with one attached hydrogen (secondary N) is 3. The Hall–Kier alpha value is -1.85. The van der Waals surface area contributed by atoms with Crippen molar-refractivity contribution in [1.82, 2.24) is 19.9 Å². The fourth-order valence-electron chi connectivity index (χ4n) is 1.29. The Labute approximate surface area is 84.8 Å². The predicted molar refractivity (Wildman–Crippen MR) is 56.0 cm³/mol. The van der Waals surface area contributed by atoms with Gasteiger partial charge in [0.1, 0.15) is 11.3 Å². The molecule has 2 heterocycles. The van der Waals surface area contributed by atoms with Gasteiger partial charge in [0.2, 0.25) is 0 Å². The van der Waals surface area contributed by atoms with Gasteiger partial charge in [-0.2, -0.15) is 0 Å². The first-order chi connectivity index (χ1) is 6.88. The van der Waals surface area contributed by atoms with Crippen molar-refractivity contribution in [3.05, 3.63) is 26.7 Å². The average Bonchev–Trinajstić information content (AvgIpc) is 2.46. The van der Waals surface area contributed by atoms with Gasteiger partial charge in [0.25, 0.3) is 5.56 Å². The Morgan fingerprint density at radius 2 is 1.73 bits per heavy atom. The zero-order valence-electron chi connectivity index (χ0n) is 8.76. The van der Waals surface area contributed by atoms with Crippen molar-refractivity contribution in [1.29, 1.82) is 0 Å². The molecule has 0 aliphatic carbocycles. The quantitative estimate of drug-likeness (QED) is 0.578. The van der Waals surface area contributed by atoms with Crippen LogP contribution in [0.15, 0.2) is 9.59 Å². The lowest BCUT2D eigenvalue weighted by atomic mass is 9.96. The number of fused-ring (bicyclic) bond motifs is 1. The van der Waals surface area contributed by atoms with E-state index in [-0.39, 0.29) is 5.41 Å². The number of hydrogen-bond acceptors (Lipinski definition) is 3. The molecule has 2 rings (SSSR count). The van der Waals surface area contributed by atoms with Gasteiger partial charge < -0.3 is 4.98 Å². The second-order valence-electron chi connectivity index (χ2n) is 4.47. The lowest BCUT2D eigenvalue weighted by Gasteiger charge is -2.13. The van der Waals surface area contributed by atoms with Gasteiger partial charge >= 0.3 is 5.69 Å². The zero-order chi connectivity index (χ0) is 11.2. The van der Waals surface area contributed by atoms with Gasteiger partial charge in [-0.3, -0.25) is 14.8 Å². The lowest BCUT2D eigenvalue weighted by Crippen LogP contribution is -2.21. The summed E-state index contributed by atoms with van der Waals surface area (Å²) in [6.07, 6.45) is 0. The van der Waals surface area contributed by atoms with Crippen molar-refractivity contribution in [2.75, 3.05) is 0 Å². The zero-order valence-corrected chi connectivity index (χ0v) is 8.76. The molecule has 0 aromatic carbocycles. The predicted octanol–water partition coefficient (Wildman–Crippen LogP) is 0.237. The summed E-state index contributed by atoms with van der Waals surface area (Å²) in [6, 6.07) is 0. The van der Waals surface area contributed by atoms with Crippen LogP contribution in [-0.2, 0) is 5.41 Å². The number of nitrogens with zero attached hydrogens (tertiary/aromatic N) is 1. The smallest absolute Gasteiger partial charge is 0.327 e. The number of hydrogen-bond donors (Lipinski definition) is 3. The molecule has 2 aromatic heterocycles. The van der Waals surface area contributed by atoms with E-state index in [4.69, 9.17) is 0 Å². The minimum absolute atomic E-state index is 0.192. The highest BCUT2D eigenvalue weighted by Crippen LogP contribution is 2.19. The molecule has 6 heteroatoms. The molecule has 0 atom stereocenters. The summed E-state index contributed by atoms with van der Waals surface area (Å²) in [5, 5.41) is 0. The van der Waals surface area contributed by atoms with Crippen LogP contribution in [0.1, 0.15) is 26.6 Å². The molecule has 0 bridgehead atoms. The highest BCUT2D eigenvalue weighted by atomic mass is 16.2. The van der Waals surface area contributed by atoms with Gasteiger partial charge in [-0.15, -0.1) is 0 Å². The summed E-state index contributed by atoms with van der Waals surface area (Å²) >= 11 is 0. The Balaban J connectivity index is 2.83. The van der Waals surface area contributed by atoms with Gasteiger partial charge in [-0.1, -0.05) is 20.8 Å². The van der Waals surface area contributed by atoms with E-state index in [0.717, 1.165) is 0 Å². The van der Waals surface area contributed by atoms with Crippen molar-refractivity contribution in [2.45, 2.75) is 26.2 Å². The third kappa shape index (κ3) is 1.58. The maximum atomic E-state index is 11.4. The highest BCUT2D eigenvalue weighted by Gasteiger charge is 2.19. The SMILES string of the molecule is CC(C)(C)c1nc2[nH]c(=O)[nH]c(=O)c2[nH]1. The van der Waals surface area contributed by atoms with Crippen LogP contribution in [-0.4, -0.2) is 19.9 Å². The molecule has 6 nitrogen and oxygen atoms in total. The molecule has 0 aliphatic rings. The average molecular weight is 208 g/mol. The topological polar surface area (TPSA) is 94.4 Å². The molecule has 3 N–H and O–H groups in total. The molecule has 0 saturated heterocycles. The second-order valence-corrected chi connectivity index (χ2v) is 4.47. The largest absolute Gasteiger partial charge is 0.336 e. The molecular formula is C9H12N4O2. The van der Waals surface area contributed by atoms with Crippen LogP contribution in [0.4, 0.5) is 0 Å². The first kappa shape index (κ1) is 9.70. The van der Waals surface area contributed by atoms with E-state index >= 15 is 0 Å². The maximum absolute atomic E-state index is 11.4. The van der Waals surface area contributed by atoms with Gasteiger partial charge in [-0.25, -0.2) is 9.78 Å². The molecule has 0 unspecified atom stereocenters. The highest BCUT2D eigenvalue weighted by molar-refractivity contribution is 5.68. The van der Waals surface area contributed by atoms with E-state index < -0.39 is 11.2 Å². The number of H-pyrrole nitrogens is 3. The monoisotopic (exact) mass is 208 g/mol. The van der Waals surface area contributed by atoms with Crippen LogP contribution in [0.3, 0.4) is 0 Å². The standard InChI is InChI=1S/C9H12N4O2/c1-9(2,3)7-10-4-5(11-7)12-8(15)13-6(4)14/h1-3H3,(H3,10,11,12,13,14,15). The molecular weight excluding hydrogens is 196 g/mol. The van der Waals surface area contributed by atoms with Crippen LogP contribution < -0.4 is 11.2 Å². The third-order valence-corrected chi connectivity index (χ3v) is 2.10. The first-order valence-electron chi connectivity index (χ1n) is 4.61. The molecule has 0 spiro atoms. The molecule has 2 aromatic rings. The van der Waals surface area contributed by atoms with Gasteiger partial charge in [0.05, 0.1) is 0 Å². The van der Waals surface area contributed by atoms with Crippen molar-refractivity contribution < 1.29 is 0 Å². The molecule has 0 amide bonds. The van der Waals surface area contributed by atoms with Gasteiger partial charge in [0.15, 0.2) is 5.65 Å². The Kier molecular flexibility index (Phi) is 1.82. The van der Waals surface area contributed by atoms with Crippen LogP contribution >= 0.6 is 0 Å². The number of aromatic nitrogens is 4. The van der Waals surface area contributed by atoms with Crippen molar-refractivity contribution in [2.24, 2.45) is 0 Å². The molecule has 15 heavy (non-hydrogen) atoms. The van der Waals surface area contributed by atoms with E-state index in [1.807, 2.05) is 20.8 Å². The molecule has 80 valence electrons. The second kappa shape index (κ2) is 2.82. The summed E-state index contributed by atoms with van der Waals surface area (Å²) in [7, 11) is 0. The van der Waals surface area contributed by atoms with E-state index in [1.165, 1.54) is 0 Å². The minimum atomic E-state index is -0.542. The minimum Gasteiger partial charge on any atom is -0.336 e. The number of aromatic amines is 3. The van der Waals surface area contributed by atoms with E-state index in [0.29, 0.717) is 17.0 Å². The molecule has 0 aliphatic heterocycles. The summed E-state index contributed by atoms with van der Waals surface area (Å²) in [6.45, 7) is 5.91. The lowest BCUT2D eigenvalue weighted by molar-refractivity contribution is 0.554. The van der Waals surface area contributed by atoms with Crippen molar-refractivity contribution in [3.63, 3.8) is 0 Å². The van der Waals surface area contributed by atoms with Crippen LogP contribution in [0.2, 0.25) is 0 Å². The maximum Gasteiger partial charge on any atom is 0.327 e. The Bertz CT molecular complexity index is 611. The summed E-state index contributed by atoms with van der Waals surface area (Å²) in [5.74, 6) is 0.671. The third-order valence-electron chi connectivity index (χ3n) is 2.10. The summed E-state index contributed by atoms with van der Waals surface area (Å²) in [4.78, 5) is 34.1. The van der Waals surface area contributed by atoms with Crippen LogP contribution in [0.5, 0.6) is 0 Å². The van der Waals surface area contributed by atoms with Crippen molar-refractivity contribution >= 4 is 11.2 Å². The molecule has 0 fully saturated rings. The Morgan fingerprint density at radius 3 is 2.33 bits per heavy atom. The molecule has 0 saturated carbocycles. The van der Waals surface area contributed by atoms with Crippen molar-refractivity contribution in [3.8, 4) is 0 Å².